The maximum absolute atomic E-state index is 12.3. The second-order valence-corrected chi connectivity index (χ2v) is 7.57. The van der Waals surface area contributed by atoms with Crippen molar-refractivity contribution < 1.29 is 27.4 Å². The first kappa shape index (κ1) is 21.0. The molecule has 1 amide bonds. The van der Waals surface area contributed by atoms with Gasteiger partial charge in [-0.3, -0.25) is 9.36 Å². The number of aromatic nitrogens is 3. The summed E-state index contributed by atoms with van der Waals surface area (Å²) in [4.78, 5) is 11.8. The SMILES string of the molecule is O=C(CSc1nnc(-c2ccccc2)n1Cc1ccc2c(c1)OCO2)NCC(F)(F)F. The lowest BCUT2D eigenvalue weighted by molar-refractivity contribution is -0.136. The Hall–Kier alpha value is -3.21. The molecule has 31 heavy (non-hydrogen) atoms. The summed E-state index contributed by atoms with van der Waals surface area (Å²) >= 11 is 1.02. The summed E-state index contributed by atoms with van der Waals surface area (Å²) in [6, 6.07) is 14.9. The molecule has 2 heterocycles. The zero-order chi connectivity index (χ0) is 21.8. The van der Waals surface area contributed by atoms with Gasteiger partial charge < -0.3 is 14.8 Å². The number of nitrogens with zero attached hydrogens (tertiary/aromatic N) is 3. The standard InChI is InChI=1S/C20H17F3N4O3S/c21-20(22,23)11-24-17(28)10-31-19-26-25-18(14-4-2-1-3-5-14)27(19)9-13-6-7-15-16(8-13)30-12-29-15/h1-8H,9-12H2,(H,24,28). The molecule has 162 valence electrons. The lowest BCUT2D eigenvalue weighted by Gasteiger charge is -2.11. The number of alkyl halides is 3. The molecule has 7 nitrogen and oxygen atoms in total. The third-order valence-electron chi connectivity index (χ3n) is 4.34. The van der Waals surface area contributed by atoms with E-state index in [9.17, 15) is 18.0 Å². The fourth-order valence-electron chi connectivity index (χ4n) is 2.94. The normalized spacial score (nSPS) is 12.7. The monoisotopic (exact) mass is 450 g/mol. The number of thioether (sulfide) groups is 1. The molecule has 0 fully saturated rings. The lowest BCUT2D eigenvalue weighted by Crippen LogP contribution is -2.34. The molecule has 1 aromatic heterocycles. The molecule has 1 aliphatic heterocycles. The van der Waals surface area contributed by atoms with Crippen LogP contribution in [0.2, 0.25) is 0 Å². The predicted molar refractivity (Wildman–Crippen MR) is 107 cm³/mol. The van der Waals surface area contributed by atoms with Crippen LogP contribution in [0, 0.1) is 0 Å². The number of halogens is 3. The van der Waals surface area contributed by atoms with Crippen molar-refractivity contribution in [3.8, 4) is 22.9 Å². The maximum atomic E-state index is 12.3. The van der Waals surface area contributed by atoms with E-state index in [2.05, 4.69) is 10.2 Å². The van der Waals surface area contributed by atoms with E-state index in [1.54, 1.807) is 0 Å². The molecule has 0 spiro atoms. The summed E-state index contributed by atoms with van der Waals surface area (Å²) in [6.07, 6.45) is -4.46. The minimum Gasteiger partial charge on any atom is -0.454 e. The highest BCUT2D eigenvalue weighted by atomic mass is 32.2. The Balaban J connectivity index is 1.55. The Kier molecular flexibility index (Phi) is 6.03. The van der Waals surface area contributed by atoms with Gasteiger partial charge in [0.25, 0.3) is 0 Å². The number of benzene rings is 2. The number of hydrogen-bond acceptors (Lipinski definition) is 6. The molecular weight excluding hydrogens is 433 g/mol. The minimum absolute atomic E-state index is 0.162. The summed E-state index contributed by atoms with van der Waals surface area (Å²) < 4.78 is 49.5. The van der Waals surface area contributed by atoms with Gasteiger partial charge in [-0.25, -0.2) is 0 Å². The van der Waals surface area contributed by atoms with Gasteiger partial charge in [-0.15, -0.1) is 10.2 Å². The van der Waals surface area contributed by atoms with Gasteiger partial charge in [0, 0.05) is 5.56 Å². The highest BCUT2D eigenvalue weighted by molar-refractivity contribution is 7.99. The average Bonchev–Trinajstić information content (AvgIpc) is 3.37. The third kappa shape index (κ3) is 5.29. The van der Waals surface area contributed by atoms with Gasteiger partial charge in [-0.1, -0.05) is 48.2 Å². The Morgan fingerprint density at radius 2 is 1.87 bits per heavy atom. The molecule has 11 heteroatoms. The quantitative estimate of drug-likeness (QED) is 0.556. The van der Waals surface area contributed by atoms with Crippen molar-refractivity contribution in [1.29, 1.82) is 0 Å². The van der Waals surface area contributed by atoms with Crippen molar-refractivity contribution in [2.45, 2.75) is 17.9 Å². The number of fused-ring (bicyclic) bond motifs is 1. The highest BCUT2D eigenvalue weighted by Crippen LogP contribution is 2.33. The smallest absolute Gasteiger partial charge is 0.405 e. The summed E-state index contributed by atoms with van der Waals surface area (Å²) in [7, 11) is 0. The summed E-state index contributed by atoms with van der Waals surface area (Å²) in [6.45, 7) is -0.833. The van der Waals surface area contributed by atoms with E-state index < -0.39 is 18.6 Å². The third-order valence-corrected chi connectivity index (χ3v) is 5.31. The molecule has 0 saturated carbocycles. The van der Waals surface area contributed by atoms with Crippen molar-refractivity contribution in [1.82, 2.24) is 20.1 Å². The maximum Gasteiger partial charge on any atom is 0.405 e. The molecule has 0 atom stereocenters. The van der Waals surface area contributed by atoms with Crippen LogP contribution in [0.4, 0.5) is 13.2 Å². The number of rotatable bonds is 7. The Labute approximate surface area is 179 Å². The van der Waals surface area contributed by atoms with Crippen LogP contribution in [0.25, 0.3) is 11.4 Å². The number of amides is 1. The Morgan fingerprint density at radius 1 is 1.10 bits per heavy atom. The number of carbonyl (C=O) groups excluding carboxylic acids is 1. The Bertz CT molecular complexity index is 1070. The van der Waals surface area contributed by atoms with E-state index in [4.69, 9.17) is 9.47 Å². The average molecular weight is 450 g/mol. The second-order valence-electron chi connectivity index (χ2n) is 6.63. The molecule has 4 rings (SSSR count). The van der Waals surface area contributed by atoms with Gasteiger partial charge in [0.15, 0.2) is 22.5 Å². The van der Waals surface area contributed by atoms with Crippen LogP contribution >= 0.6 is 11.8 Å². The molecule has 1 N–H and O–H groups in total. The van der Waals surface area contributed by atoms with Crippen LogP contribution in [0.3, 0.4) is 0 Å². The van der Waals surface area contributed by atoms with Crippen molar-refractivity contribution in [3.05, 3.63) is 54.1 Å². The van der Waals surface area contributed by atoms with E-state index in [1.807, 2.05) is 58.4 Å². The van der Waals surface area contributed by atoms with Crippen molar-refractivity contribution in [2.24, 2.45) is 0 Å². The van der Waals surface area contributed by atoms with Crippen LogP contribution in [-0.4, -0.2) is 45.9 Å². The number of carbonyl (C=O) groups is 1. The first-order chi connectivity index (χ1) is 14.9. The van der Waals surface area contributed by atoms with Gasteiger partial charge in [0.1, 0.15) is 6.54 Å². The number of ether oxygens (including phenoxy) is 2. The molecule has 2 aromatic carbocycles. The van der Waals surface area contributed by atoms with Gasteiger partial charge in [-0.05, 0) is 17.7 Å². The Morgan fingerprint density at radius 3 is 2.65 bits per heavy atom. The fourth-order valence-corrected chi connectivity index (χ4v) is 3.71. The molecule has 0 radical (unpaired) electrons. The van der Waals surface area contributed by atoms with Crippen LogP contribution in [0.15, 0.2) is 53.7 Å². The first-order valence-electron chi connectivity index (χ1n) is 9.22. The van der Waals surface area contributed by atoms with Gasteiger partial charge in [0.05, 0.1) is 12.3 Å². The zero-order valence-electron chi connectivity index (χ0n) is 16.1. The largest absolute Gasteiger partial charge is 0.454 e. The molecule has 0 aliphatic carbocycles. The molecular formula is C20H17F3N4O3S. The lowest BCUT2D eigenvalue weighted by atomic mass is 10.2. The van der Waals surface area contributed by atoms with Gasteiger partial charge >= 0.3 is 6.18 Å². The first-order valence-corrected chi connectivity index (χ1v) is 10.2. The second kappa shape index (κ2) is 8.88. The molecule has 0 saturated heterocycles. The van der Waals surface area contributed by atoms with Crippen molar-refractivity contribution >= 4 is 17.7 Å². The number of hydrogen-bond donors (Lipinski definition) is 1. The van der Waals surface area contributed by atoms with Crippen LogP contribution < -0.4 is 14.8 Å². The highest BCUT2D eigenvalue weighted by Gasteiger charge is 2.28. The summed E-state index contributed by atoms with van der Waals surface area (Å²) in [5, 5.41) is 10.7. The summed E-state index contributed by atoms with van der Waals surface area (Å²) in [5.74, 6) is 0.918. The van der Waals surface area contributed by atoms with E-state index in [0.29, 0.717) is 29.0 Å². The summed E-state index contributed by atoms with van der Waals surface area (Å²) in [5.41, 5.74) is 1.72. The minimum atomic E-state index is -4.46. The zero-order valence-corrected chi connectivity index (χ0v) is 16.9. The van der Waals surface area contributed by atoms with Gasteiger partial charge in [0.2, 0.25) is 12.7 Å². The predicted octanol–water partition coefficient (Wildman–Crippen LogP) is 3.49. The van der Waals surface area contributed by atoms with E-state index in [0.717, 1.165) is 22.9 Å². The molecule has 3 aromatic rings. The van der Waals surface area contributed by atoms with E-state index >= 15 is 0 Å². The fraction of sp³-hybridized carbons (Fsp3) is 0.250. The van der Waals surface area contributed by atoms with E-state index in [1.165, 1.54) is 0 Å². The van der Waals surface area contributed by atoms with Gasteiger partial charge in [-0.2, -0.15) is 13.2 Å². The van der Waals surface area contributed by atoms with Crippen molar-refractivity contribution in [3.63, 3.8) is 0 Å². The van der Waals surface area contributed by atoms with Crippen LogP contribution in [0.1, 0.15) is 5.56 Å². The number of nitrogens with one attached hydrogen (secondary N) is 1. The molecule has 0 unspecified atom stereocenters. The van der Waals surface area contributed by atoms with Crippen molar-refractivity contribution in [2.75, 3.05) is 19.1 Å². The van der Waals surface area contributed by atoms with E-state index in [-0.39, 0.29) is 12.5 Å². The topological polar surface area (TPSA) is 78.3 Å². The van der Waals surface area contributed by atoms with Crippen LogP contribution in [0.5, 0.6) is 11.5 Å². The molecule has 1 aliphatic rings. The molecule has 0 bridgehead atoms. The van der Waals surface area contributed by atoms with Crippen LogP contribution in [-0.2, 0) is 11.3 Å².